The van der Waals surface area contributed by atoms with E-state index in [2.05, 4.69) is 49.7 Å². The Bertz CT molecular complexity index is 558. The zero-order valence-corrected chi connectivity index (χ0v) is 12.0. The molecule has 1 aromatic heterocycles. The van der Waals surface area contributed by atoms with E-state index in [0.29, 0.717) is 12.5 Å². The van der Waals surface area contributed by atoms with E-state index in [4.69, 9.17) is 0 Å². The van der Waals surface area contributed by atoms with Gasteiger partial charge in [-0.05, 0) is 51.8 Å². The van der Waals surface area contributed by atoms with E-state index in [1.54, 1.807) is 0 Å². The Labute approximate surface area is 109 Å². The van der Waals surface area contributed by atoms with Gasteiger partial charge in [0.05, 0.1) is 5.60 Å². The first-order chi connectivity index (χ1) is 8.29. The summed E-state index contributed by atoms with van der Waals surface area (Å²) in [6, 6.07) is 6.84. The number of rotatable bonds is 3. The Morgan fingerprint density at radius 1 is 1.28 bits per heavy atom. The summed E-state index contributed by atoms with van der Waals surface area (Å²) in [5.41, 5.74) is 3.12. The van der Waals surface area contributed by atoms with Crippen LogP contribution in [0.15, 0.2) is 24.4 Å². The summed E-state index contributed by atoms with van der Waals surface area (Å²) in [5.74, 6) is 0. The Morgan fingerprint density at radius 2 is 1.94 bits per heavy atom. The highest BCUT2D eigenvalue weighted by Gasteiger charge is 2.19. The predicted molar refractivity (Wildman–Crippen MR) is 77.1 cm³/mol. The molecule has 0 aliphatic heterocycles. The van der Waals surface area contributed by atoms with Gasteiger partial charge in [-0.1, -0.05) is 12.1 Å². The van der Waals surface area contributed by atoms with Crippen molar-refractivity contribution in [2.75, 3.05) is 0 Å². The second-order valence-corrected chi connectivity index (χ2v) is 6.11. The third-order valence-electron chi connectivity index (χ3n) is 3.32. The van der Waals surface area contributed by atoms with Crippen molar-refractivity contribution in [2.45, 2.75) is 52.7 Å². The van der Waals surface area contributed by atoms with Gasteiger partial charge < -0.3 is 9.67 Å². The van der Waals surface area contributed by atoms with E-state index in [9.17, 15) is 5.11 Å². The number of aliphatic hydroxyl groups is 1. The summed E-state index contributed by atoms with van der Waals surface area (Å²) >= 11 is 0. The zero-order valence-electron chi connectivity index (χ0n) is 12.0. The third kappa shape index (κ3) is 2.44. The van der Waals surface area contributed by atoms with Crippen LogP contribution in [0.4, 0.5) is 0 Å². The summed E-state index contributed by atoms with van der Waals surface area (Å²) in [6.45, 7) is 10.2. The molecule has 0 aliphatic rings. The molecule has 98 valence electrons. The third-order valence-corrected chi connectivity index (χ3v) is 3.32. The molecule has 0 fully saturated rings. The number of hydrogen-bond donors (Lipinski definition) is 1. The normalized spacial score (nSPS) is 12.6. The first kappa shape index (κ1) is 13.2. The van der Waals surface area contributed by atoms with Gasteiger partial charge in [-0.15, -0.1) is 0 Å². The molecular weight excluding hydrogens is 222 g/mol. The van der Waals surface area contributed by atoms with Gasteiger partial charge in [0.1, 0.15) is 0 Å². The van der Waals surface area contributed by atoms with Gasteiger partial charge in [0.2, 0.25) is 0 Å². The summed E-state index contributed by atoms with van der Waals surface area (Å²) in [4.78, 5) is 0. The van der Waals surface area contributed by atoms with Gasteiger partial charge in [0, 0.05) is 29.6 Å². The molecule has 2 aromatic rings. The van der Waals surface area contributed by atoms with Crippen molar-refractivity contribution in [2.24, 2.45) is 0 Å². The lowest BCUT2D eigenvalue weighted by Crippen LogP contribution is -2.21. The van der Waals surface area contributed by atoms with E-state index >= 15 is 0 Å². The average molecular weight is 245 g/mol. The molecule has 1 N–H and O–H groups in total. The van der Waals surface area contributed by atoms with Gasteiger partial charge in [-0.3, -0.25) is 0 Å². The lowest BCUT2D eigenvalue weighted by Gasteiger charge is -2.16. The van der Waals surface area contributed by atoms with E-state index in [1.807, 2.05) is 13.8 Å². The van der Waals surface area contributed by atoms with Crippen LogP contribution in [0.5, 0.6) is 0 Å². The maximum atomic E-state index is 10.1. The minimum Gasteiger partial charge on any atom is -0.390 e. The first-order valence-corrected chi connectivity index (χ1v) is 6.61. The van der Waals surface area contributed by atoms with E-state index in [-0.39, 0.29) is 0 Å². The number of fused-ring (bicyclic) bond motifs is 1. The van der Waals surface area contributed by atoms with Crippen molar-refractivity contribution in [1.29, 1.82) is 0 Å². The maximum absolute atomic E-state index is 10.1. The van der Waals surface area contributed by atoms with Crippen molar-refractivity contribution in [3.63, 3.8) is 0 Å². The molecule has 0 radical (unpaired) electrons. The van der Waals surface area contributed by atoms with Crippen molar-refractivity contribution >= 4 is 10.9 Å². The van der Waals surface area contributed by atoms with Crippen LogP contribution >= 0.6 is 0 Å². The number of benzene rings is 1. The van der Waals surface area contributed by atoms with Crippen molar-refractivity contribution in [3.8, 4) is 0 Å². The van der Waals surface area contributed by atoms with Crippen molar-refractivity contribution in [3.05, 3.63) is 35.5 Å². The largest absolute Gasteiger partial charge is 0.390 e. The summed E-state index contributed by atoms with van der Waals surface area (Å²) < 4.78 is 2.30. The highest BCUT2D eigenvalue weighted by Crippen LogP contribution is 2.29. The first-order valence-electron chi connectivity index (χ1n) is 6.61. The second kappa shape index (κ2) is 4.43. The second-order valence-electron chi connectivity index (χ2n) is 6.11. The molecule has 0 spiro atoms. The van der Waals surface area contributed by atoms with Crippen LogP contribution in [0.3, 0.4) is 0 Å². The molecule has 0 amide bonds. The maximum Gasteiger partial charge on any atom is 0.0632 e. The van der Waals surface area contributed by atoms with Crippen LogP contribution in [-0.4, -0.2) is 15.3 Å². The molecule has 0 aliphatic carbocycles. The fraction of sp³-hybridized carbons (Fsp3) is 0.500. The quantitative estimate of drug-likeness (QED) is 0.873. The monoisotopic (exact) mass is 245 g/mol. The minimum atomic E-state index is -0.668. The number of nitrogens with zero attached hydrogens (tertiary/aromatic N) is 1. The molecule has 0 saturated carbocycles. The van der Waals surface area contributed by atoms with Crippen LogP contribution < -0.4 is 0 Å². The molecule has 1 aromatic carbocycles. The fourth-order valence-electron chi connectivity index (χ4n) is 2.61. The number of aromatic nitrogens is 1. The predicted octanol–water partition coefficient (Wildman–Crippen LogP) is 3.84. The molecule has 1 heterocycles. The fourth-order valence-corrected chi connectivity index (χ4v) is 2.61. The molecule has 0 saturated heterocycles. The molecular formula is C16H23NO. The van der Waals surface area contributed by atoms with E-state index in [1.165, 1.54) is 22.0 Å². The minimum absolute atomic E-state index is 0.435. The Kier molecular flexibility index (Phi) is 3.24. The molecule has 0 atom stereocenters. The summed E-state index contributed by atoms with van der Waals surface area (Å²) in [6.07, 6.45) is 2.88. The number of hydrogen-bond acceptors (Lipinski definition) is 1. The molecule has 2 heteroatoms. The zero-order chi connectivity index (χ0) is 13.5. The topological polar surface area (TPSA) is 25.2 Å². The molecule has 2 nitrogen and oxygen atoms in total. The van der Waals surface area contributed by atoms with Gasteiger partial charge in [-0.2, -0.15) is 0 Å². The van der Waals surface area contributed by atoms with Gasteiger partial charge in [-0.25, -0.2) is 0 Å². The SMILES string of the molecule is Cc1cccc2c1c(CC(C)(C)O)cn2C(C)C. The number of aryl methyl sites for hydroxylation is 1. The van der Waals surface area contributed by atoms with Crippen molar-refractivity contribution in [1.82, 2.24) is 4.57 Å². The highest BCUT2D eigenvalue weighted by atomic mass is 16.3. The van der Waals surface area contributed by atoms with Gasteiger partial charge in [0.15, 0.2) is 0 Å². The Hall–Kier alpha value is -1.28. The molecule has 18 heavy (non-hydrogen) atoms. The summed E-state index contributed by atoms with van der Waals surface area (Å²) in [7, 11) is 0. The van der Waals surface area contributed by atoms with Crippen LogP contribution in [0.2, 0.25) is 0 Å². The van der Waals surface area contributed by atoms with Crippen LogP contribution in [-0.2, 0) is 6.42 Å². The smallest absolute Gasteiger partial charge is 0.0632 e. The van der Waals surface area contributed by atoms with Crippen LogP contribution in [0, 0.1) is 6.92 Å². The molecule has 0 bridgehead atoms. The lowest BCUT2D eigenvalue weighted by atomic mass is 9.97. The van der Waals surface area contributed by atoms with Gasteiger partial charge >= 0.3 is 0 Å². The van der Waals surface area contributed by atoms with Crippen LogP contribution in [0.1, 0.15) is 44.9 Å². The van der Waals surface area contributed by atoms with Gasteiger partial charge in [0.25, 0.3) is 0 Å². The van der Waals surface area contributed by atoms with E-state index in [0.717, 1.165) is 0 Å². The Balaban J connectivity index is 2.66. The standard InChI is InChI=1S/C16H23NO/c1-11(2)17-10-13(9-16(4,5)18)15-12(3)7-6-8-14(15)17/h6-8,10-11,18H,9H2,1-5H3. The average Bonchev–Trinajstić information content (AvgIpc) is 2.56. The molecule has 0 unspecified atom stereocenters. The van der Waals surface area contributed by atoms with Crippen LogP contribution in [0.25, 0.3) is 10.9 Å². The highest BCUT2D eigenvalue weighted by molar-refractivity contribution is 5.87. The van der Waals surface area contributed by atoms with Crippen molar-refractivity contribution < 1.29 is 5.11 Å². The Morgan fingerprint density at radius 3 is 2.50 bits per heavy atom. The van der Waals surface area contributed by atoms with E-state index < -0.39 is 5.60 Å². The lowest BCUT2D eigenvalue weighted by molar-refractivity contribution is 0.0813. The summed E-state index contributed by atoms with van der Waals surface area (Å²) in [5, 5.41) is 11.4. The molecule has 2 rings (SSSR count).